The molecule has 1 atom stereocenters. The first-order chi connectivity index (χ1) is 15.1. The predicted molar refractivity (Wildman–Crippen MR) is 113 cm³/mol. The highest BCUT2D eigenvalue weighted by Crippen LogP contribution is 2.39. The summed E-state index contributed by atoms with van der Waals surface area (Å²) in [4.78, 5) is 17.3. The fraction of sp³-hybridized carbons (Fsp3) is 0.238. The lowest BCUT2D eigenvalue weighted by Gasteiger charge is -2.06. The number of hydrogen-bond acceptors (Lipinski definition) is 5. The van der Waals surface area contributed by atoms with E-state index in [1.165, 1.54) is 18.4 Å². The van der Waals surface area contributed by atoms with Gasteiger partial charge in [0.1, 0.15) is 5.65 Å². The lowest BCUT2D eigenvalue weighted by Crippen LogP contribution is -2.23. The maximum atomic E-state index is 12.4. The molecular formula is C21H20N6O3S. The van der Waals surface area contributed by atoms with Crippen LogP contribution < -0.4 is 5.32 Å². The minimum Gasteiger partial charge on any atom is -0.346 e. The topological polar surface area (TPSA) is 114 Å². The lowest BCUT2D eigenvalue weighted by atomic mass is 10.2. The largest absolute Gasteiger partial charge is 0.346 e. The Kier molecular flexibility index (Phi) is 5.08. The Morgan fingerprint density at radius 2 is 2.00 bits per heavy atom. The first-order valence-electron chi connectivity index (χ1n) is 9.91. The van der Waals surface area contributed by atoms with Crippen molar-refractivity contribution in [2.45, 2.75) is 36.7 Å². The van der Waals surface area contributed by atoms with Crippen LogP contribution in [0.2, 0.25) is 0 Å². The van der Waals surface area contributed by atoms with E-state index in [0.29, 0.717) is 18.0 Å². The highest BCUT2D eigenvalue weighted by atomic mass is 32.2. The first kappa shape index (κ1) is 19.6. The Morgan fingerprint density at radius 1 is 1.16 bits per heavy atom. The minimum atomic E-state index is -2.12. The number of pyridine rings is 1. The third kappa shape index (κ3) is 4.25. The Balaban J connectivity index is 1.25. The van der Waals surface area contributed by atoms with Gasteiger partial charge in [0.15, 0.2) is 16.8 Å². The van der Waals surface area contributed by atoms with E-state index in [0.717, 1.165) is 11.3 Å². The smallest absolute Gasteiger partial charge is 0.273 e. The van der Waals surface area contributed by atoms with Crippen LogP contribution in [0.5, 0.6) is 0 Å². The van der Waals surface area contributed by atoms with Crippen molar-refractivity contribution in [3.05, 3.63) is 77.5 Å². The second-order valence-corrected chi connectivity index (χ2v) is 8.51. The lowest BCUT2D eigenvalue weighted by molar-refractivity contribution is 0.0945. The number of imidazole rings is 1. The van der Waals surface area contributed by atoms with Gasteiger partial charge in [0.25, 0.3) is 5.91 Å². The quantitative estimate of drug-likeness (QED) is 0.430. The third-order valence-electron chi connectivity index (χ3n) is 5.27. The van der Waals surface area contributed by atoms with E-state index in [-0.39, 0.29) is 17.1 Å². The molecule has 10 heteroatoms. The number of amides is 1. The van der Waals surface area contributed by atoms with Crippen molar-refractivity contribution in [3.63, 3.8) is 0 Å². The van der Waals surface area contributed by atoms with Crippen molar-refractivity contribution in [2.75, 3.05) is 0 Å². The van der Waals surface area contributed by atoms with Gasteiger partial charge in [-0.1, -0.05) is 29.5 Å². The SMILES string of the molecule is O=C(NCc1ccccc1S(=O)O)c1cn(Cc2cn3cc(C4CC4)ccc3n2)nn1. The van der Waals surface area contributed by atoms with E-state index in [2.05, 4.69) is 32.9 Å². The molecule has 3 heterocycles. The summed E-state index contributed by atoms with van der Waals surface area (Å²) >= 11 is -2.12. The highest BCUT2D eigenvalue weighted by molar-refractivity contribution is 7.79. The van der Waals surface area contributed by atoms with E-state index in [4.69, 9.17) is 0 Å². The fourth-order valence-corrected chi connectivity index (χ4v) is 4.09. The van der Waals surface area contributed by atoms with Crippen molar-refractivity contribution in [2.24, 2.45) is 0 Å². The van der Waals surface area contributed by atoms with Crippen LogP contribution >= 0.6 is 0 Å². The number of benzene rings is 1. The van der Waals surface area contributed by atoms with Gasteiger partial charge in [-0.25, -0.2) is 13.9 Å². The standard InChI is InChI=1S/C21H20N6O3S/c28-21(22-9-15-3-1-2-4-19(15)31(29)30)18-13-27(25-24-18)12-17-11-26-10-16(14-5-6-14)7-8-20(26)23-17/h1-4,7-8,10-11,13-14H,5-6,9,12H2,(H,22,28)(H,29,30). The molecule has 9 nitrogen and oxygen atoms in total. The molecule has 2 N–H and O–H groups in total. The molecule has 158 valence electrons. The van der Waals surface area contributed by atoms with E-state index in [9.17, 15) is 13.6 Å². The second kappa shape index (κ2) is 8.05. The Bertz CT molecular complexity index is 1290. The van der Waals surface area contributed by atoms with E-state index >= 15 is 0 Å². The number of carbonyl (C=O) groups excluding carboxylic acids is 1. The average molecular weight is 436 g/mol. The summed E-state index contributed by atoms with van der Waals surface area (Å²) in [6.07, 6.45) is 8.15. The van der Waals surface area contributed by atoms with E-state index < -0.39 is 17.0 Å². The molecule has 0 bridgehead atoms. The average Bonchev–Trinajstić information content (AvgIpc) is 3.38. The van der Waals surface area contributed by atoms with Crippen LogP contribution in [0.15, 0.2) is 59.9 Å². The zero-order valence-electron chi connectivity index (χ0n) is 16.5. The van der Waals surface area contributed by atoms with Crippen molar-refractivity contribution in [1.82, 2.24) is 29.7 Å². The fourth-order valence-electron chi connectivity index (χ4n) is 3.53. The summed E-state index contributed by atoms with van der Waals surface area (Å²) in [6, 6.07) is 10.8. The van der Waals surface area contributed by atoms with Crippen molar-refractivity contribution in [1.29, 1.82) is 0 Å². The molecule has 0 spiro atoms. The summed E-state index contributed by atoms with van der Waals surface area (Å²) in [5.74, 6) is 0.268. The predicted octanol–water partition coefficient (Wildman–Crippen LogP) is 2.36. The van der Waals surface area contributed by atoms with E-state index in [1.807, 2.05) is 16.7 Å². The van der Waals surface area contributed by atoms with Gasteiger partial charge < -0.3 is 14.3 Å². The van der Waals surface area contributed by atoms with Crippen LogP contribution in [-0.2, 0) is 24.2 Å². The van der Waals surface area contributed by atoms with Crippen molar-refractivity contribution >= 4 is 22.6 Å². The van der Waals surface area contributed by atoms with Gasteiger partial charge in [-0.05, 0) is 42.0 Å². The van der Waals surface area contributed by atoms with Crippen molar-refractivity contribution < 1.29 is 13.6 Å². The Hall–Kier alpha value is -3.37. The minimum absolute atomic E-state index is 0.115. The van der Waals surface area contributed by atoms with Crippen LogP contribution in [-0.4, -0.2) is 39.0 Å². The molecule has 1 saturated carbocycles. The zero-order valence-corrected chi connectivity index (χ0v) is 17.3. The van der Waals surface area contributed by atoms with Gasteiger partial charge in [-0.2, -0.15) is 0 Å². The molecule has 0 radical (unpaired) electrons. The summed E-state index contributed by atoms with van der Waals surface area (Å²) in [6.45, 7) is 0.511. The summed E-state index contributed by atoms with van der Waals surface area (Å²) in [7, 11) is 0. The molecule has 4 aromatic rings. The van der Waals surface area contributed by atoms with E-state index in [1.54, 1.807) is 35.1 Å². The monoisotopic (exact) mass is 436 g/mol. The molecule has 1 aliphatic rings. The molecule has 3 aromatic heterocycles. The summed E-state index contributed by atoms with van der Waals surface area (Å²) in [5.41, 5.74) is 3.77. The van der Waals surface area contributed by atoms with Gasteiger partial charge >= 0.3 is 0 Å². The van der Waals surface area contributed by atoms with Gasteiger partial charge in [0.05, 0.1) is 23.3 Å². The molecule has 1 fully saturated rings. The first-order valence-corrected chi connectivity index (χ1v) is 11.0. The van der Waals surface area contributed by atoms with Crippen LogP contribution in [0.3, 0.4) is 0 Å². The van der Waals surface area contributed by atoms with Crippen molar-refractivity contribution in [3.8, 4) is 0 Å². The molecule has 5 rings (SSSR count). The summed E-state index contributed by atoms with van der Waals surface area (Å²) in [5, 5.41) is 10.7. The molecule has 0 saturated heterocycles. The van der Waals surface area contributed by atoms with Gasteiger partial charge in [0, 0.05) is 18.9 Å². The van der Waals surface area contributed by atoms with Gasteiger partial charge in [-0.15, -0.1) is 5.10 Å². The third-order valence-corrected chi connectivity index (χ3v) is 6.04. The molecule has 0 aliphatic heterocycles. The summed E-state index contributed by atoms with van der Waals surface area (Å²) < 4.78 is 24.3. The molecule has 1 amide bonds. The number of nitrogens with one attached hydrogen (secondary N) is 1. The van der Waals surface area contributed by atoms with Gasteiger partial charge in [-0.3, -0.25) is 4.79 Å². The number of carbonyl (C=O) groups is 1. The number of hydrogen-bond donors (Lipinski definition) is 2. The number of aromatic nitrogens is 5. The molecule has 1 aliphatic carbocycles. The van der Waals surface area contributed by atoms with Crippen LogP contribution in [0.1, 0.15) is 46.1 Å². The molecule has 1 unspecified atom stereocenters. The molecule has 1 aromatic carbocycles. The number of rotatable bonds is 7. The number of nitrogens with zero attached hydrogens (tertiary/aromatic N) is 5. The zero-order chi connectivity index (χ0) is 21.4. The van der Waals surface area contributed by atoms with Gasteiger partial charge in [0.2, 0.25) is 0 Å². The second-order valence-electron chi connectivity index (χ2n) is 7.58. The Labute approximate surface area is 180 Å². The Morgan fingerprint density at radius 3 is 2.81 bits per heavy atom. The maximum absolute atomic E-state index is 12.4. The highest BCUT2D eigenvalue weighted by Gasteiger charge is 2.23. The van der Waals surface area contributed by atoms with Crippen LogP contribution in [0, 0.1) is 0 Å². The normalized spacial score (nSPS) is 14.6. The molecule has 31 heavy (non-hydrogen) atoms. The van der Waals surface area contributed by atoms with Crippen LogP contribution in [0.4, 0.5) is 0 Å². The van der Waals surface area contributed by atoms with Crippen LogP contribution in [0.25, 0.3) is 5.65 Å². The molecular weight excluding hydrogens is 416 g/mol. The maximum Gasteiger partial charge on any atom is 0.273 e. The number of fused-ring (bicyclic) bond motifs is 1.